The molecule has 2 aromatic heterocycles. The number of pyridine rings is 1. The van der Waals surface area contributed by atoms with Gasteiger partial charge in [0.1, 0.15) is 0 Å². The van der Waals surface area contributed by atoms with Crippen LogP contribution in [0.3, 0.4) is 0 Å². The van der Waals surface area contributed by atoms with Crippen LogP contribution in [0.4, 0.5) is 5.13 Å². The summed E-state index contributed by atoms with van der Waals surface area (Å²) in [7, 11) is -3.34. The molecule has 2 heterocycles. The number of hydrogen-bond acceptors (Lipinski definition) is 6. The molecule has 0 spiro atoms. The molecule has 0 aliphatic heterocycles. The van der Waals surface area contributed by atoms with Gasteiger partial charge in [-0.15, -0.1) is 0 Å². The van der Waals surface area contributed by atoms with Crippen LogP contribution in [0.2, 0.25) is 5.02 Å². The Morgan fingerprint density at radius 1 is 1.09 bits per heavy atom. The molecule has 0 radical (unpaired) electrons. The van der Waals surface area contributed by atoms with E-state index in [1.54, 1.807) is 36.4 Å². The second-order valence-corrected chi connectivity index (χ2v) is 11.0. The first kappa shape index (κ1) is 22.4. The Morgan fingerprint density at radius 2 is 1.78 bits per heavy atom. The highest BCUT2D eigenvalue weighted by Gasteiger charge is 2.23. The number of amides is 1. The molecule has 4 aromatic rings. The summed E-state index contributed by atoms with van der Waals surface area (Å²) in [6, 6.07) is 13.4. The van der Waals surface area contributed by atoms with E-state index in [0.717, 1.165) is 21.3 Å². The smallest absolute Gasteiger partial charge is 0.260 e. The Morgan fingerprint density at radius 3 is 2.44 bits per heavy atom. The molecular formula is C23H20ClN3O3S2. The van der Waals surface area contributed by atoms with E-state index in [1.165, 1.54) is 23.5 Å². The molecule has 0 fully saturated rings. The highest BCUT2D eigenvalue weighted by atomic mass is 35.5. The third-order valence-electron chi connectivity index (χ3n) is 5.05. The molecule has 0 aliphatic rings. The van der Waals surface area contributed by atoms with Gasteiger partial charge in [-0.1, -0.05) is 29.9 Å². The number of fused-ring (bicyclic) bond motifs is 1. The molecule has 0 N–H and O–H groups in total. The van der Waals surface area contributed by atoms with E-state index >= 15 is 0 Å². The summed E-state index contributed by atoms with van der Waals surface area (Å²) in [5.74, 6) is -0.271. The number of anilines is 1. The standard InChI is InChI=1S/C23H20ClN3O3S2/c1-3-32(29,30)19-6-4-17(5-7-19)22(28)27(14-16-8-10-25-11-9-16)23-26-21-15(2)12-18(24)13-20(21)31-23/h4-13H,3,14H2,1-2H3. The van der Waals surface area contributed by atoms with Gasteiger partial charge < -0.3 is 0 Å². The van der Waals surface area contributed by atoms with Crippen molar-refractivity contribution < 1.29 is 13.2 Å². The van der Waals surface area contributed by atoms with Crippen molar-refractivity contribution in [2.75, 3.05) is 10.7 Å². The van der Waals surface area contributed by atoms with Gasteiger partial charge in [0, 0.05) is 23.0 Å². The summed E-state index contributed by atoms with van der Waals surface area (Å²) in [6.45, 7) is 3.81. The largest absolute Gasteiger partial charge is 0.279 e. The molecule has 32 heavy (non-hydrogen) atoms. The number of thiazole rings is 1. The van der Waals surface area contributed by atoms with Crippen molar-refractivity contribution in [1.29, 1.82) is 0 Å². The van der Waals surface area contributed by atoms with E-state index in [9.17, 15) is 13.2 Å². The molecule has 0 unspecified atom stereocenters. The number of sulfone groups is 1. The summed E-state index contributed by atoms with van der Waals surface area (Å²) >= 11 is 7.59. The van der Waals surface area contributed by atoms with Crippen LogP contribution in [0, 0.1) is 6.92 Å². The van der Waals surface area contributed by atoms with Crippen molar-refractivity contribution in [1.82, 2.24) is 9.97 Å². The molecule has 0 bridgehead atoms. The van der Waals surface area contributed by atoms with Gasteiger partial charge in [-0.05, 0) is 66.6 Å². The first-order chi connectivity index (χ1) is 15.3. The third kappa shape index (κ3) is 4.53. The summed E-state index contributed by atoms with van der Waals surface area (Å²) in [4.78, 5) is 24.1. The summed E-state index contributed by atoms with van der Waals surface area (Å²) in [6.07, 6.45) is 3.34. The van der Waals surface area contributed by atoms with Crippen LogP contribution in [-0.2, 0) is 16.4 Å². The highest BCUT2D eigenvalue weighted by Crippen LogP contribution is 2.34. The first-order valence-corrected chi connectivity index (χ1v) is 12.7. The fraction of sp³-hybridized carbons (Fsp3) is 0.174. The summed E-state index contributed by atoms with van der Waals surface area (Å²) in [5, 5.41) is 1.15. The van der Waals surface area contributed by atoms with Crippen molar-refractivity contribution in [3.05, 3.63) is 82.6 Å². The van der Waals surface area contributed by atoms with E-state index in [-0.39, 0.29) is 16.6 Å². The minimum absolute atomic E-state index is 0.00206. The third-order valence-corrected chi connectivity index (χ3v) is 8.04. The fourth-order valence-corrected chi connectivity index (χ4v) is 5.58. The molecule has 0 atom stereocenters. The van der Waals surface area contributed by atoms with E-state index in [4.69, 9.17) is 16.6 Å². The Labute approximate surface area is 195 Å². The second-order valence-electron chi connectivity index (χ2n) is 7.24. The predicted octanol–water partition coefficient (Wildman–Crippen LogP) is 5.29. The molecule has 1 amide bonds. The fourth-order valence-electron chi connectivity index (χ4n) is 3.28. The highest BCUT2D eigenvalue weighted by molar-refractivity contribution is 7.91. The van der Waals surface area contributed by atoms with Crippen molar-refractivity contribution >= 4 is 54.0 Å². The molecular weight excluding hydrogens is 466 g/mol. The Hall–Kier alpha value is -2.81. The number of benzene rings is 2. The van der Waals surface area contributed by atoms with Crippen LogP contribution in [0.15, 0.2) is 65.8 Å². The maximum Gasteiger partial charge on any atom is 0.260 e. The second kappa shape index (κ2) is 8.97. The lowest BCUT2D eigenvalue weighted by Gasteiger charge is -2.20. The van der Waals surface area contributed by atoms with E-state index in [0.29, 0.717) is 22.3 Å². The van der Waals surface area contributed by atoms with Crippen LogP contribution in [-0.4, -0.2) is 30.0 Å². The van der Waals surface area contributed by atoms with Gasteiger partial charge in [0.25, 0.3) is 5.91 Å². The van der Waals surface area contributed by atoms with Crippen LogP contribution in [0.25, 0.3) is 10.2 Å². The maximum absolute atomic E-state index is 13.5. The van der Waals surface area contributed by atoms with Gasteiger partial charge in [-0.2, -0.15) is 0 Å². The van der Waals surface area contributed by atoms with Crippen molar-refractivity contribution in [2.24, 2.45) is 0 Å². The van der Waals surface area contributed by atoms with E-state index in [1.807, 2.05) is 31.2 Å². The molecule has 0 saturated carbocycles. The molecule has 2 aromatic carbocycles. The minimum Gasteiger partial charge on any atom is -0.279 e. The Balaban J connectivity index is 1.76. The van der Waals surface area contributed by atoms with Crippen molar-refractivity contribution in [3.8, 4) is 0 Å². The summed E-state index contributed by atoms with van der Waals surface area (Å²) in [5.41, 5.74) is 3.00. The predicted molar refractivity (Wildman–Crippen MR) is 128 cm³/mol. The van der Waals surface area contributed by atoms with Gasteiger partial charge >= 0.3 is 0 Å². The SMILES string of the molecule is CCS(=O)(=O)c1ccc(C(=O)N(Cc2ccncc2)c2nc3c(C)cc(Cl)cc3s2)cc1. The maximum atomic E-state index is 13.5. The zero-order valence-electron chi connectivity index (χ0n) is 17.4. The molecule has 9 heteroatoms. The van der Waals surface area contributed by atoms with Crippen LogP contribution in [0.5, 0.6) is 0 Å². The number of nitrogens with zero attached hydrogens (tertiary/aromatic N) is 3. The molecule has 6 nitrogen and oxygen atoms in total. The molecule has 0 saturated heterocycles. The van der Waals surface area contributed by atoms with Gasteiger partial charge in [-0.25, -0.2) is 13.4 Å². The van der Waals surface area contributed by atoms with Gasteiger partial charge in [0.05, 0.1) is 27.4 Å². The number of rotatable bonds is 6. The Bertz CT molecular complexity index is 1390. The van der Waals surface area contributed by atoms with Crippen LogP contribution >= 0.6 is 22.9 Å². The normalized spacial score (nSPS) is 11.6. The average molecular weight is 486 g/mol. The lowest BCUT2D eigenvalue weighted by Crippen LogP contribution is -2.30. The van der Waals surface area contributed by atoms with Crippen molar-refractivity contribution in [2.45, 2.75) is 25.3 Å². The zero-order valence-corrected chi connectivity index (χ0v) is 19.8. The number of halogens is 1. The number of hydrogen-bond donors (Lipinski definition) is 0. The summed E-state index contributed by atoms with van der Waals surface area (Å²) < 4.78 is 25.1. The van der Waals surface area contributed by atoms with E-state index < -0.39 is 9.84 Å². The number of carbonyl (C=O) groups is 1. The van der Waals surface area contributed by atoms with Gasteiger partial charge in [0.2, 0.25) is 0 Å². The first-order valence-electron chi connectivity index (χ1n) is 9.89. The van der Waals surface area contributed by atoms with Gasteiger partial charge in [-0.3, -0.25) is 14.7 Å². The molecule has 164 valence electrons. The van der Waals surface area contributed by atoms with Crippen LogP contribution < -0.4 is 4.90 Å². The lowest BCUT2D eigenvalue weighted by molar-refractivity contribution is 0.0985. The average Bonchev–Trinajstić information content (AvgIpc) is 3.22. The minimum atomic E-state index is -3.34. The monoisotopic (exact) mass is 485 g/mol. The van der Waals surface area contributed by atoms with Gasteiger partial charge in [0.15, 0.2) is 15.0 Å². The quantitative estimate of drug-likeness (QED) is 0.370. The topological polar surface area (TPSA) is 80.2 Å². The number of aryl methyl sites for hydroxylation is 1. The van der Waals surface area contributed by atoms with E-state index in [2.05, 4.69) is 4.98 Å². The number of carbonyl (C=O) groups excluding carboxylic acids is 1. The molecule has 4 rings (SSSR count). The molecule has 0 aliphatic carbocycles. The number of aromatic nitrogens is 2. The van der Waals surface area contributed by atoms with Crippen LogP contribution in [0.1, 0.15) is 28.4 Å². The zero-order chi connectivity index (χ0) is 22.9. The lowest BCUT2D eigenvalue weighted by atomic mass is 10.2. The van der Waals surface area contributed by atoms with Crippen molar-refractivity contribution in [3.63, 3.8) is 0 Å². The Kier molecular flexibility index (Phi) is 6.28.